The van der Waals surface area contributed by atoms with Crippen LogP contribution in [0.5, 0.6) is 5.75 Å². The third-order valence-electron chi connectivity index (χ3n) is 4.03. The summed E-state index contributed by atoms with van der Waals surface area (Å²) in [6.07, 6.45) is 4.91. The summed E-state index contributed by atoms with van der Waals surface area (Å²) in [6.45, 7) is 1.07. The van der Waals surface area contributed by atoms with Crippen molar-refractivity contribution in [3.8, 4) is 5.75 Å². The normalized spacial score (nSPS) is 21.2. The smallest absolute Gasteiger partial charge is 0.255 e. The van der Waals surface area contributed by atoms with Gasteiger partial charge in [0.25, 0.3) is 5.91 Å². The molecule has 1 fully saturated rings. The Bertz CT molecular complexity index is 483. The van der Waals surface area contributed by atoms with E-state index in [1.54, 1.807) is 0 Å². The molecule has 1 aliphatic carbocycles. The zero-order valence-electron chi connectivity index (χ0n) is 10.8. The van der Waals surface area contributed by atoms with Gasteiger partial charge in [-0.2, -0.15) is 0 Å². The van der Waals surface area contributed by atoms with Gasteiger partial charge in [0.1, 0.15) is 12.4 Å². The maximum atomic E-state index is 12.0. The van der Waals surface area contributed by atoms with E-state index in [-0.39, 0.29) is 11.3 Å². The van der Waals surface area contributed by atoms with Crippen LogP contribution >= 0.6 is 11.6 Å². The molecule has 0 aromatic heterocycles. The first-order chi connectivity index (χ1) is 9.25. The molecule has 0 saturated heterocycles. The Morgan fingerprint density at radius 3 is 2.89 bits per heavy atom. The summed E-state index contributed by atoms with van der Waals surface area (Å²) in [6, 6.07) is 5.76. The number of carbonyl (C=O) groups is 1. The highest BCUT2D eigenvalue weighted by Crippen LogP contribution is 2.40. The van der Waals surface area contributed by atoms with E-state index in [2.05, 4.69) is 5.32 Å². The van der Waals surface area contributed by atoms with Crippen LogP contribution in [0.3, 0.4) is 0 Å². The molecule has 1 unspecified atom stereocenters. The van der Waals surface area contributed by atoms with Crippen LogP contribution in [0.15, 0.2) is 18.2 Å². The molecule has 19 heavy (non-hydrogen) atoms. The number of rotatable bonds is 2. The van der Waals surface area contributed by atoms with Crippen LogP contribution in [0.25, 0.3) is 0 Å². The summed E-state index contributed by atoms with van der Waals surface area (Å²) in [5.41, 5.74) is 1.65. The zero-order valence-corrected chi connectivity index (χ0v) is 11.6. The fraction of sp³-hybridized carbons (Fsp3) is 0.533. The molecule has 1 aliphatic heterocycles. The Labute approximate surface area is 118 Å². The Morgan fingerprint density at radius 1 is 1.32 bits per heavy atom. The second-order valence-corrected chi connectivity index (χ2v) is 5.78. The first kappa shape index (κ1) is 12.8. The first-order valence-electron chi connectivity index (χ1n) is 6.95. The lowest BCUT2D eigenvalue weighted by molar-refractivity contribution is 0.0957. The highest BCUT2D eigenvalue weighted by Gasteiger charge is 2.26. The van der Waals surface area contributed by atoms with E-state index in [1.807, 2.05) is 18.2 Å². The van der Waals surface area contributed by atoms with Gasteiger partial charge in [0, 0.05) is 0 Å². The molecule has 1 N–H and O–H groups in total. The molecule has 1 saturated carbocycles. The van der Waals surface area contributed by atoms with Gasteiger partial charge in [-0.1, -0.05) is 18.9 Å². The number of hydrogen-bond acceptors (Lipinski definition) is 2. The van der Waals surface area contributed by atoms with Gasteiger partial charge in [0.05, 0.1) is 17.5 Å². The average molecular weight is 280 g/mol. The van der Waals surface area contributed by atoms with Crippen molar-refractivity contribution in [2.24, 2.45) is 5.92 Å². The largest absolute Gasteiger partial charge is 0.491 e. The summed E-state index contributed by atoms with van der Waals surface area (Å²) in [4.78, 5) is 12.0. The van der Waals surface area contributed by atoms with Crippen molar-refractivity contribution in [1.82, 2.24) is 5.32 Å². The van der Waals surface area contributed by atoms with Gasteiger partial charge < -0.3 is 10.1 Å². The number of halogens is 1. The van der Waals surface area contributed by atoms with Gasteiger partial charge >= 0.3 is 0 Å². The number of hydrogen-bond donors (Lipinski definition) is 1. The van der Waals surface area contributed by atoms with Crippen molar-refractivity contribution in [2.45, 2.75) is 31.1 Å². The van der Waals surface area contributed by atoms with Crippen LogP contribution in [0.2, 0.25) is 0 Å². The van der Waals surface area contributed by atoms with Crippen LogP contribution in [0.1, 0.15) is 47.0 Å². The molecule has 102 valence electrons. The molecule has 4 heteroatoms. The minimum atomic E-state index is -0.0651. The molecule has 1 heterocycles. The van der Waals surface area contributed by atoms with E-state index < -0.39 is 0 Å². The maximum absolute atomic E-state index is 12.0. The summed E-state index contributed by atoms with van der Waals surface area (Å²) in [5.74, 6) is 1.13. The second kappa shape index (κ2) is 5.41. The third-order valence-corrected chi connectivity index (χ3v) is 4.63. The van der Waals surface area contributed by atoms with E-state index in [4.69, 9.17) is 16.3 Å². The molecule has 1 aromatic rings. The van der Waals surface area contributed by atoms with Gasteiger partial charge in [0.15, 0.2) is 0 Å². The van der Waals surface area contributed by atoms with Gasteiger partial charge in [-0.15, -0.1) is 11.6 Å². The van der Waals surface area contributed by atoms with E-state index in [0.717, 1.165) is 5.56 Å². The number of fused-ring (bicyclic) bond motifs is 1. The molecule has 3 rings (SSSR count). The molecule has 0 radical (unpaired) electrons. The van der Waals surface area contributed by atoms with E-state index >= 15 is 0 Å². The molecule has 0 bridgehead atoms. The molecule has 1 aromatic carbocycles. The minimum absolute atomic E-state index is 0.00357. The van der Waals surface area contributed by atoms with Crippen LogP contribution < -0.4 is 10.1 Å². The zero-order chi connectivity index (χ0) is 13.2. The highest BCUT2D eigenvalue weighted by molar-refractivity contribution is 6.21. The lowest BCUT2D eigenvalue weighted by Gasteiger charge is -2.18. The molecule has 1 amide bonds. The minimum Gasteiger partial charge on any atom is -0.491 e. The standard InChI is InChI=1S/C15H18ClNO2/c16-14(10-3-1-2-4-10)11-5-6-13-12(9-11)15(18)17-7-8-19-13/h5-6,9-10,14H,1-4,7-8H2,(H,17,18). The lowest BCUT2D eigenvalue weighted by atomic mass is 9.95. The van der Waals surface area contributed by atoms with Crippen LogP contribution in [-0.2, 0) is 0 Å². The molecule has 2 aliphatic rings. The van der Waals surface area contributed by atoms with Crippen molar-refractivity contribution in [1.29, 1.82) is 0 Å². The van der Waals surface area contributed by atoms with Gasteiger partial charge in [0.2, 0.25) is 0 Å². The Morgan fingerprint density at radius 2 is 2.11 bits per heavy atom. The van der Waals surface area contributed by atoms with Crippen molar-refractivity contribution in [3.63, 3.8) is 0 Å². The predicted molar refractivity (Wildman–Crippen MR) is 74.8 cm³/mol. The average Bonchev–Trinajstić information content (AvgIpc) is 2.90. The quantitative estimate of drug-likeness (QED) is 0.844. The second-order valence-electron chi connectivity index (χ2n) is 5.31. The van der Waals surface area contributed by atoms with Crippen LogP contribution in [0, 0.1) is 5.92 Å². The summed E-state index contributed by atoms with van der Waals surface area (Å²) >= 11 is 6.57. The van der Waals surface area contributed by atoms with E-state index in [0.29, 0.717) is 30.4 Å². The maximum Gasteiger partial charge on any atom is 0.255 e. The van der Waals surface area contributed by atoms with E-state index in [1.165, 1.54) is 25.7 Å². The number of alkyl halides is 1. The number of nitrogens with one attached hydrogen (secondary N) is 1. The fourth-order valence-electron chi connectivity index (χ4n) is 2.97. The monoisotopic (exact) mass is 279 g/mol. The van der Waals surface area contributed by atoms with Crippen molar-refractivity contribution < 1.29 is 9.53 Å². The van der Waals surface area contributed by atoms with Crippen LogP contribution in [-0.4, -0.2) is 19.1 Å². The number of benzene rings is 1. The van der Waals surface area contributed by atoms with Gasteiger partial charge in [-0.05, 0) is 36.5 Å². The van der Waals surface area contributed by atoms with Crippen molar-refractivity contribution >= 4 is 17.5 Å². The highest BCUT2D eigenvalue weighted by atomic mass is 35.5. The molecular weight excluding hydrogens is 262 g/mol. The van der Waals surface area contributed by atoms with E-state index in [9.17, 15) is 4.79 Å². The third kappa shape index (κ3) is 2.57. The first-order valence-corrected chi connectivity index (χ1v) is 7.38. The van der Waals surface area contributed by atoms with Gasteiger partial charge in [-0.25, -0.2) is 0 Å². The Balaban J connectivity index is 1.89. The van der Waals surface area contributed by atoms with Crippen molar-refractivity contribution in [2.75, 3.05) is 13.2 Å². The number of carbonyl (C=O) groups excluding carboxylic acids is 1. The topological polar surface area (TPSA) is 38.3 Å². The summed E-state index contributed by atoms with van der Waals surface area (Å²) in [7, 11) is 0. The molecule has 1 atom stereocenters. The Hall–Kier alpha value is -1.22. The molecule has 3 nitrogen and oxygen atoms in total. The molecule has 0 spiro atoms. The summed E-state index contributed by atoms with van der Waals surface area (Å²) in [5, 5.41) is 2.83. The van der Waals surface area contributed by atoms with Gasteiger partial charge in [-0.3, -0.25) is 4.79 Å². The Kier molecular flexibility index (Phi) is 3.65. The van der Waals surface area contributed by atoms with Crippen LogP contribution in [0.4, 0.5) is 0 Å². The SMILES string of the molecule is O=C1NCCOc2ccc(C(Cl)C3CCCC3)cc21. The summed E-state index contributed by atoms with van der Waals surface area (Å²) < 4.78 is 5.55. The number of amides is 1. The number of ether oxygens (including phenoxy) is 1. The van der Waals surface area contributed by atoms with Crippen molar-refractivity contribution in [3.05, 3.63) is 29.3 Å². The fourth-order valence-corrected chi connectivity index (χ4v) is 3.35. The lowest BCUT2D eigenvalue weighted by Crippen LogP contribution is -2.24. The molecular formula is C15H18ClNO2. The predicted octanol–water partition coefficient (Wildman–Crippen LogP) is 3.28.